The summed E-state index contributed by atoms with van der Waals surface area (Å²) in [5.74, 6) is 0.0171. The first-order valence-electron chi connectivity index (χ1n) is 9.15. The Bertz CT molecular complexity index is 1190. The monoisotopic (exact) mass is 418 g/mol. The molecule has 2 heterocycles. The molecule has 0 saturated heterocycles. The molecule has 0 spiro atoms. The average molecular weight is 418 g/mol. The number of nitrogens with zero attached hydrogens (tertiary/aromatic N) is 4. The minimum atomic E-state index is -0.294. The zero-order chi connectivity index (χ0) is 20.9. The van der Waals surface area contributed by atoms with Crippen LogP contribution in [-0.2, 0) is 4.79 Å². The highest BCUT2D eigenvalue weighted by molar-refractivity contribution is 7.99. The predicted molar refractivity (Wildman–Crippen MR) is 116 cm³/mol. The molecular weight excluding hydrogens is 400 g/mol. The maximum Gasteiger partial charge on any atom is 0.257 e. The molecule has 0 radical (unpaired) electrons. The molecule has 2 aromatic carbocycles. The van der Waals surface area contributed by atoms with Crippen molar-refractivity contribution >= 4 is 40.7 Å². The van der Waals surface area contributed by atoms with Crippen molar-refractivity contribution in [2.45, 2.75) is 12.1 Å². The Hall–Kier alpha value is -3.72. The van der Waals surface area contributed by atoms with Gasteiger partial charge in [0.2, 0.25) is 11.1 Å². The molecule has 0 aliphatic rings. The van der Waals surface area contributed by atoms with E-state index in [4.69, 9.17) is 0 Å². The maximum absolute atomic E-state index is 12.7. The van der Waals surface area contributed by atoms with Crippen LogP contribution in [0.4, 0.5) is 11.4 Å². The molecule has 8 nitrogen and oxygen atoms in total. The first kappa shape index (κ1) is 19.6. The number of fused-ring (bicyclic) bond motifs is 1. The summed E-state index contributed by atoms with van der Waals surface area (Å²) in [4.78, 5) is 33.5. The molecule has 30 heavy (non-hydrogen) atoms. The first-order chi connectivity index (χ1) is 14.6. The number of hydrogen-bond acceptors (Lipinski definition) is 6. The molecule has 0 unspecified atom stereocenters. The lowest BCUT2D eigenvalue weighted by molar-refractivity contribution is -0.113. The Morgan fingerprint density at radius 1 is 1.07 bits per heavy atom. The number of rotatable bonds is 6. The van der Waals surface area contributed by atoms with Crippen molar-refractivity contribution < 1.29 is 9.59 Å². The highest BCUT2D eigenvalue weighted by atomic mass is 32.2. The maximum atomic E-state index is 12.7. The Kier molecular flexibility index (Phi) is 5.71. The van der Waals surface area contributed by atoms with Crippen LogP contribution in [0.25, 0.3) is 5.78 Å². The van der Waals surface area contributed by atoms with E-state index >= 15 is 0 Å². The van der Waals surface area contributed by atoms with Gasteiger partial charge in [0.05, 0.1) is 17.0 Å². The van der Waals surface area contributed by atoms with Gasteiger partial charge in [-0.1, -0.05) is 36.0 Å². The fourth-order valence-corrected chi connectivity index (χ4v) is 3.43. The molecule has 4 aromatic rings. The lowest BCUT2D eigenvalue weighted by atomic mass is 10.1. The van der Waals surface area contributed by atoms with Crippen LogP contribution in [0, 0.1) is 6.92 Å². The molecule has 2 N–H and O–H groups in total. The highest BCUT2D eigenvalue weighted by Crippen LogP contribution is 2.19. The van der Waals surface area contributed by atoms with Crippen molar-refractivity contribution in [3.8, 4) is 0 Å². The van der Waals surface area contributed by atoms with E-state index in [1.807, 2.05) is 31.2 Å². The first-order valence-corrected chi connectivity index (χ1v) is 10.1. The van der Waals surface area contributed by atoms with Crippen molar-refractivity contribution in [2.24, 2.45) is 0 Å². The number of carbonyl (C=O) groups excluding carboxylic acids is 2. The van der Waals surface area contributed by atoms with Gasteiger partial charge in [0.1, 0.15) is 0 Å². The molecule has 2 aromatic heterocycles. The third-order valence-electron chi connectivity index (χ3n) is 4.15. The summed E-state index contributed by atoms with van der Waals surface area (Å²) in [6.45, 7) is 1.95. The smallest absolute Gasteiger partial charge is 0.257 e. The van der Waals surface area contributed by atoms with E-state index in [1.54, 1.807) is 47.2 Å². The van der Waals surface area contributed by atoms with Crippen LogP contribution in [0.2, 0.25) is 0 Å². The third-order valence-corrected chi connectivity index (χ3v) is 4.99. The van der Waals surface area contributed by atoms with Gasteiger partial charge in [-0.15, -0.1) is 5.10 Å². The second kappa shape index (κ2) is 8.75. The lowest BCUT2D eigenvalue weighted by Crippen LogP contribution is -2.19. The van der Waals surface area contributed by atoms with Crippen molar-refractivity contribution in [1.82, 2.24) is 19.6 Å². The van der Waals surface area contributed by atoms with Crippen LogP contribution in [0.5, 0.6) is 0 Å². The van der Waals surface area contributed by atoms with Gasteiger partial charge in [-0.25, -0.2) is 9.50 Å². The van der Waals surface area contributed by atoms with Crippen LogP contribution >= 0.6 is 11.8 Å². The standard InChI is InChI=1S/C21H18N6O2S/c1-14-6-4-7-15(12-14)23-19(29)16-8-2-3-9-17(16)24-18(28)13-30-21-25-20-22-10-5-11-27(20)26-21/h2-12H,13H2,1H3,(H,23,29)(H,24,28). The van der Waals surface area contributed by atoms with E-state index in [-0.39, 0.29) is 17.6 Å². The zero-order valence-electron chi connectivity index (χ0n) is 16.1. The van der Waals surface area contributed by atoms with Crippen LogP contribution in [0.15, 0.2) is 72.1 Å². The number of carbonyl (C=O) groups is 2. The van der Waals surface area contributed by atoms with Crippen molar-refractivity contribution in [1.29, 1.82) is 0 Å². The normalized spacial score (nSPS) is 10.7. The van der Waals surface area contributed by atoms with Crippen LogP contribution in [-0.4, -0.2) is 37.1 Å². The summed E-state index contributed by atoms with van der Waals surface area (Å²) in [5, 5.41) is 10.4. The SMILES string of the molecule is Cc1cccc(NC(=O)c2ccccc2NC(=O)CSc2nc3ncccn3n2)c1. The molecule has 9 heteroatoms. The summed E-state index contributed by atoms with van der Waals surface area (Å²) >= 11 is 1.20. The van der Waals surface area contributed by atoms with E-state index < -0.39 is 0 Å². The van der Waals surface area contributed by atoms with Crippen molar-refractivity contribution in [3.63, 3.8) is 0 Å². The Labute approximate surface area is 176 Å². The number of anilines is 2. The minimum Gasteiger partial charge on any atom is -0.325 e. The number of para-hydroxylation sites is 1. The average Bonchev–Trinajstić information content (AvgIpc) is 3.16. The predicted octanol–water partition coefficient (Wildman–Crippen LogP) is 3.42. The Balaban J connectivity index is 1.41. The van der Waals surface area contributed by atoms with Gasteiger partial charge in [-0.3, -0.25) is 9.59 Å². The number of amides is 2. The Morgan fingerprint density at radius 3 is 2.77 bits per heavy atom. The van der Waals surface area contributed by atoms with Crippen molar-refractivity contribution in [3.05, 3.63) is 78.1 Å². The minimum absolute atomic E-state index is 0.102. The summed E-state index contributed by atoms with van der Waals surface area (Å²) < 4.78 is 1.55. The molecule has 0 aliphatic carbocycles. The van der Waals surface area contributed by atoms with Crippen LogP contribution in [0.1, 0.15) is 15.9 Å². The molecule has 2 amide bonds. The van der Waals surface area contributed by atoms with Crippen LogP contribution < -0.4 is 10.6 Å². The molecule has 0 atom stereocenters. The van der Waals surface area contributed by atoms with E-state index in [9.17, 15) is 9.59 Å². The van der Waals surface area contributed by atoms with Crippen molar-refractivity contribution in [2.75, 3.05) is 16.4 Å². The molecule has 0 bridgehead atoms. The molecule has 0 saturated carbocycles. The molecular formula is C21H18N6O2S. The van der Waals surface area contributed by atoms with Gasteiger partial charge in [-0.05, 0) is 42.8 Å². The van der Waals surface area contributed by atoms with Gasteiger partial charge in [0.25, 0.3) is 11.7 Å². The van der Waals surface area contributed by atoms with E-state index in [2.05, 4.69) is 25.7 Å². The molecule has 150 valence electrons. The molecule has 4 rings (SSSR count). The lowest BCUT2D eigenvalue weighted by Gasteiger charge is -2.11. The van der Waals surface area contributed by atoms with Gasteiger partial charge in [-0.2, -0.15) is 4.98 Å². The highest BCUT2D eigenvalue weighted by Gasteiger charge is 2.14. The molecule has 0 fully saturated rings. The van der Waals surface area contributed by atoms with E-state index in [0.29, 0.717) is 27.9 Å². The topological polar surface area (TPSA) is 101 Å². The summed E-state index contributed by atoms with van der Waals surface area (Å²) in [6.07, 6.45) is 3.37. The Morgan fingerprint density at radius 2 is 1.93 bits per heavy atom. The number of thioether (sulfide) groups is 1. The van der Waals surface area contributed by atoms with Gasteiger partial charge in [0, 0.05) is 18.1 Å². The fourth-order valence-electron chi connectivity index (χ4n) is 2.80. The van der Waals surface area contributed by atoms with Gasteiger partial charge in [0.15, 0.2) is 0 Å². The number of aromatic nitrogens is 4. The number of hydrogen-bond donors (Lipinski definition) is 2. The number of nitrogens with one attached hydrogen (secondary N) is 2. The second-order valence-electron chi connectivity index (χ2n) is 6.46. The number of benzene rings is 2. The molecule has 0 aliphatic heterocycles. The summed E-state index contributed by atoms with van der Waals surface area (Å²) in [6, 6.07) is 16.2. The quantitative estimate of drug-likeness (QED) is 0.465. The van der Waals surface area contributed by atoms with Gasteiger partial charge >= 0.3 is 0 Å². The zero-order valence-corrected chi connectivity index (χ0v) is 16.9. The second-order valence-corrected chi connectivity index (χ2v) is 7.41. The summed E-state index contributed by atoms with van der Waals surface area (Å²) in [5.41, 5.74) is 2.57. The van der Waals surface area contributed by atoms with E-state index in [0.717, 1.165) is 5.56 Å². The third kappa shape index (κ3) is 4.64. The van der Waals surface area contributed by atoms with Gasteiger partial charge < -0.3 is 10.6 Å². The number of aryl methyl sites for hydroxylation is 1. The summed E-state index contributed by atoms with van der Waals surface area (Å²) in [7, 11) is 0. The van der Waals surface area contributed by atoms with Crippen LogP contribution in [0.3, 0.4) is 0 Å². The largest absolute Gasteiger partial charge is 0.325 e. The van der Waals surface area contributed by atoms with E-state index in [1.165, 1.54) is 11.8 Å². The fraction of sp³-hybridized carbons (Fsp3) is 0.0952.